The summed E-state index contributed by atoms with van der Waals surface area (Å²) in [6.07, 6.45) is -0.962. The summed E-state index contributed by atoms with van der Waals surface area (Å²) in [6, 6.07) is -1.65. The standard InChI is InChI=1S/C15H19N3O11S3.Na.H/c1-7(19)30-5-11(21)16-4-9(17-12(22)6-31-8(2)20)15(25)29-18-13(23)3-10(14(18)24)32(26,27)28;;/h9-10H,3-6H2,1-2H3,(H,16,21)(H,17,22)(H,26,27,28);;/q;+1;-1. The van der Waals surface area contributed by atoms with E-state index in [0.29, 0.717) is 23.5 Å². The number of imide groups is 1. The van der Waals surface area contributed by atoms with Crippen molar-refractivity contribution in [1.82, 2.24) is 15.7 Å². The Kier molecular flexibility index (Phi) is 13.4. The van der Waals surface area contributed by atoms with Crippen molar-refractivity contribution >= 4 is 73.5 Å². The number of nitrogens with zero attached hydrogens (tertiary/aromatic N) is 1. The first-order valence-electron chi connectivity index (χ1n) is 8.60. The summed E-state index contributed by atoms with van der Waals surface area (Å²) in [5.74, 6) is -6.34. The number of rotatable bonds is 10. The molecule has 1 saturated heterocycles. The van der Waals surface area contributed by atoms with Gasteiger partial charge in [0.15, 0.2) is 15.5 Å². The van der Waals surface area contributed by atoms with E-state index in [-0.39, 0.29) is 52.7 Å². The maximum atomic E-state index is 12.4. The Hall–Kier alpha value is -1.50. The van der Waals surface area contributed by atoms with Crippen LogP contribution < -0.4 is 40.2 Å². The number of carbonyl (C=O) groups is 7. The van der Waals surface area contributed by atoms with Gasteiger partial charge in [-0.2, -0.15) is 8.42 Å². The van der Waals surface area contributed by atoms with Crippen molar-refractivity contribution in [3.8, 4) is 0 Å². The number of carbonyl (C=O) groups excluding carboxylic acids is 7. The van der Waals surface area contributed by atoms with Crippen molar-refractivity contribution < 1.29 is 82.4 Å². The van der Waals surface area contributed by atoms with Crippen LogP contribution in [-0.2, 0) is 48.5 Å². The molecule has 18 heteroatoms. The average Bonchev–Trinajstić information content (AvgIpc) is 2.96. The van der Waals surface area contributed by atoms with Crippen molar-refractivity contribution in [3.63, 3.8) is 0 Å². The van der Waals surface area contributed by atoms with Gasteiger partial charge < -0.3 is 16.9 Å². The molecule has 0 aliphatic carbocycles. The molecule has 0 saturated carbocycles. The van der Waals surface area contributed by atoms with E-state index in [1.54, 1.807) is 0 Å². The predicted octanol–water partition coefficient (Wildman–Crippen LogP) is -5.26. The number of hydrogen-bond acceptors (Lipinski definition) is 12. The van der Waals surface area contributed by atoms with E-state index in [2.05, 4.69) is 15.5 Å². The van der Waals surface area contributed by atoms with Crippen molar-refractivity contribution in [3.05, 3.63) is 0 Å². The van der Waals surface area contributed by atoms with Crippen LogP contribution in [0.3, 0.4) is 0 Å². The molecule has 0 aromatic carbocycles. The minimum absolute atomic E-state index is 0. The summed E-state index contributed by atoms with van der Waals surface area (Å²) in [7, 11) is -4.94. The van der Waals surface area contributed by atoms with Gasteiger partial charge in [0.2, 0.25) is 11.8 Å². The molecule has 4 amide bonds. The first kappa shape index (κ1) is 31.5. The molecule has 1 rings (SSSR count). The smallest absolute Gasteiger partial charge is 1.00 e. The minimum Gasteiger partial charge on any atom is -1.00 e. The molecule has 2 unspecified atom stereocenters. The Morgan fingerprint density at radius 1 is 1.12 bits per heavy atom. The second-order valence-electron chi connectivity index (χ2n) is 6.13. The zero-order valence-corrected chi connectivity index (χ0v) is 22.1. The molecular weight excluding hydrogens is 517 g/mol. The van der Waals surface area contributed by atoms with Gasteiger partial charge in [0.25, 0.3) is 21.9 Å². The molecule has 0 aromatic rings. The normalized spacial score (nSPS) is 16.5. The van der Waals surface area contributed by atoms with Gasteiger partial charge in [0.05, 0.1) is 17.9 Å². The van der Waals surface area contributed by atoms with E-state index in [4.69, 9.17) is 4.55 Å². The molecular formula is C15H20N3NaO11S3. The van der Waals surface area contributed by atoms with E-state index >= 15 is 0 Å². The maximum Gasteiger partial charge on any atom is 1.00 e. The number of hydroxylamine groups is 2. The fraction of sp³-hybridized carbons (Fsp3) is 0.533. The molecule has 2 atom stereocenters. The first-order chi connectivity index (χ1) is 14.7. The molecule has 1 aliphatic rings. The monoisotopic (exact) mass is 537 g/mol. The Morgan fingerprint density at radius 2 is 1.64 bits per heavy atom. The Labute approximate surface area is 220 Å². The molecule has 0 bridgehead atoms. The summed E-state index contributed by atoms with van der Waals surface area (Å²) in [4.78, 5) is 86.5. The molecule has 33 heavy (non-hydrogen) atoms. The number of thioether (sulfide) groups is 2. The quantitative estimate of drug-likeness (QED) is 0.135. The molecule has 3 N–H and O–H groups in total. The zero-order chi connectivity index (χ0) is 24.6. The summed E-state index contributed by atoms with van der Waals surface area (Å²) >= 11 is 1.30. The molecule has 0 spiro atoms. The van der Waals surface area contributed by atoms with Gasteiger partial charge in [-0.1, -0.05) is 23.5 Å². The average molecular weight is 538 g/mol. The Morgan fingerprint density at radius 3 is 2.09 bits per heavy atom. The van der Waals surface area contributed by atoms with Gasteiger partial charge in [-0.25, -0.2) is 4.79 Å². The third-order valence-corrected chi connectivity index (χ3v) is 6.25. The van der Waals surface area contributed by atoms with Crippen molar-refractivity contribution in [2.75, 3.05) is 18.1 Å². The molecule has 0 aromatic heterocycles. The summed E-state index contributed by atoms with van der Waals surface area (Å²) in [5, 5.41) is 1.35. The number of hydrogen-bond donors (Lipinski definition) is 3. The van der Waals surface area contributed by atoms with E-state index in [1.165, 1.54) is 13.8 Å². The van der Waals surface area contributed by atoms with Crippen LogP contribution in [-0.4, -0.2) is 87.2 Å². The number of nitrogens with one attached hydrogen (secondary N) is 2. The molecule has 1 fully saturated rings. The zero-order valence-electron chi connectivity index (χ0n) is 18.7. The van der Waals surface area contributed by atoms with Gasteiger partial charge in [-0.3, -0.25) is 33.3 Å². The van der Waals surface area contributed by atoms with Crippen LogP contribution in [0.15, 0.2) is 0 Å². The van der Waals surface area contributed by atoms with Crippen LogP contribution in [0, 0.1) is 0 Å². The molecule has 1 heterocycles. The number of amides is 4. The van der Waals surface area contributed by atoms with E-state index < -0.39 is 69.1 Å². The van der Waals surface area contributed by atoms with Crippen LogP contribution in [0.2, 0.25) is 0 Å². The SMILES string of the molecule is CC(=O)SCC(=O)NCC(NC(=O)CSC(C)=O)C(=O)ON1C(=O)CC(S(=O)(=O)O)C1=O.[H-].[Na+]. The molecule has 1 aliphatic heterocycles. The van der Waals surface area contributed by atoms with Crippen LogP contribution in [0.1, 0.15) is 21.7 Å². The first-order valence-corrected chi connectivity index (χ1v) is 12.1. The second-order valence-corrected chi connectivity index (χ2v) is 10.0. The van der Waals surface area contributed by atoms with Gasteiger partial charge in [0, 0.05) is 20.4 Å². The van der Waals surface area contributed by atoms with Crippen LogP contribution in [0.25, 0.3) is 0 Å². The fourth-order valence-electron chi connectivity index (χ4n) is 2.10. The fourth-order valence-corrected chi connectivity index (χ4v) is 3.65. The van der Waals surface area contributed by atoms with Gasteiger partial charge in [-0.05, 0) is 0 Å². The van der Waals surface area contributed by atoms with Gasteiger partial charge in [-0.15, -0.1) is 5.06 Å². The molecule has 180 valence electrons. The van der Waals surface area contributed by atoms with Crippen LogP contribution in [0.4, 0.5) is 0 Å². The van der Waals surface area contributed by atoms with E-state index in [9.17, 15) is 42.0 Å². The summed E-state index contributed by atoms with van der Waals surface area (Å²) in [6.45, 7) is 1.85. The summed E-state index contributed by atoms with van der Waals surface area (Å²) < 4.78 is 31.3. The van der Waals surface area contributed by atoms with Crippen molar-refractivity contribution in [2.45, 2.75) is 31.6 Å². The van der Waals surface area contributed by atoms with E-state index in [0.717, 1.165) is 0 Å². The third kappa shape index (κ3) is 11.0. The van der Waals surface area contributed by atoms with Crippen LogP contribution >= 0.6 is 23.5 Å². The Bertz CT molecular complexity index is 947. The summed E-state index contributed by atoms with van der Waals surface area (Å²) in [5.41, 5.74) is 0. The minimum atomic E-state index is -4.94. The predicted molar refractivity (Wildman–Crippen MR) is 110 cm³/mol. The van der Waals surface area contributed by atoms with E-state index in [1.807, 2.05) is 0 Å². The van der Waals surface area contributed by atoms with Gasteiger partial charge >= 0.3 is 35.5 Å². The second kappa shape index (κ2) is 14.0. The molecule has 0 radical (unpaired) electrons. The van der Waals surface area contributed by atoms with Crippen molar-refractivity contribution in [2.24, 2.45) is 0 Å². The molecule has 14 nitrogen and oxygen atoms in total. The maximum absolute atomic E-state index is 12.4. The van der Waals surface area contributed by atoms with Gasteiger partial charge in [0.1, 0.15) is 6.04 Å². The van der Waals surface area contributed by atoms with Crippen LogP contribution in [0.5, 0.6) is 0 Å². The largest absolute Gasteiger partial charge is 1.00 e. The Balaban J connectivity index is 0. The topological polar surface area (TPSA) is 210 Å². The van der Waals surface area contributed by atoms with Crippen molar-refractivity contribution in [1.29, 1.82) is 0 Å². The third-order valence-electron chi connectivity index (χ3n) is 3.54.